The van der Waals surface area contributed by atoms with Crippen LogP contribution in [0.25, 0.3) is 0 Å². The van der Waals surface area contributed by atoms with Gasteiger partial charge in [-0.25, -0.2) is 0 Å². The minimum absolute atomic E-state index is 0.332. The number of carbonyl (C=O) groups excluding carboxylic acids is 2. The molecule has 0 N–H and O–H groups in total. The Morgan fingerprint density at radius 3 is 1.25 bits per heavy atom. The van der Waals surface area contributed by atoms with Crippen molar-refractivity contribution in [2.24, 2.45) is 5.41 Å². The predicted octanol–water partition coefficient (Wildman–Crippen LogP) is 8.30. The zero-order valence-electron chi connectivity index (χ0n) is 21.4. The van der Waals surface area contributed by atoms with E-state index in [1.807, 2.05) is 0 Å². The third kappa shape index (κ3) is 12.3. The lowest BCUT2D eigenvalue weighted by atomic mass is 9.74. The van der Waals surface area contributed by atoms with E-state index in [2.05, 4.69) is 13.8 Å². The molecule has 1 saturated carbocycles. The van der Waals surface area contributed by atoms with Crippen molar-refractivity contribution in [1.29, 1.82) is 0 Å². The molecule has 32 heavy (non-hydrogen) atoms. The van der Waals surface area contributed by atoms with E-state index in [0.29, 0.717) is 26.1 Å². The molecule has 0 aromatic carbocycles. The molecule has 4 heteroatoms. The number of esters is 2. The second-order valence-electron chi connectivity index (χ2n) is 9.86. The van der Waals surface area contributed by atoms with E-state index in [1.54, 1.807) is 0 Å². The highest BCUT2D eigenvalue weighted by atomic mass is 16.6. The van der Waals surface area contributed by atoms with Crippen molar-refractivity contribution < 1.29 is 19.1 Å². The maximum atomic E-state index is 12.9. The van der Waals surface area contributed by atoms with Crippen molar-refractivity contribution >= 4 is 11.9 Å². The molecule has 1 aliphatic rings. The molecule has 0 bridgehead atoms. The summed E-state index contributed by atoms with van der Waals surface area (Å²) in [5.74, 6) is -0.665. The average molecular weight is 453 g/mol. The fourth-order valence-corrected chi connectivity index (χ4v) is 4.72. The van der Waals surface area contributed by atoms with Crippen LogP contribution in [0.1, 0.15) is 149 Å². The van der Waals surface area contributed by atoms with Crippen LogP contribution in [0.3, 0.4) is 0 Å². The molecule has 1 rings (SSSR count). The van der Waals surface area contributed by atoms with Crippen molar-refractivity contribution in [3.05, 3.63) is 0 Å². The van der Waals surface area contributed by atoms with Crippen LogP contribution in [0.4, 0.5) is 0 Å². The van der Waals surface area contributed by atoms with Crippen LogP contribution < -0.4 is 0 Å². The molecule has 4 nitrogen and oxygen atoms in total. The highest BCUT2D eigenvalue weighted by Gasteiger charge is 2.49. The Kier molecular flexibility index (Phi) is 17.6. The fourth-order valence-electron chi connectivity index (χ4n) is 4.72. The number of hydrogen-bond donors (Lipinski definition) is 0. The average Bonchev–Trinajstić information content (AvgIpc) is 2.82. The summed E-state index contributed by atoms with van der Waals surface area (Å²) < 4.78 is 11.2. The molecule has 1 fully saturated rings. The van der Waals surface area contributed by atoms with E-state index in [-0.39, 0.29) is 11.9 Å². The Morgan fingerprint density at radius 2 is 0.875 bits per heavy atom. The molecule has 0 spiro atoms. The van der Waals surface area contributed by atoms with Gasteiger partial charge in [0.25, 0.3) is 0 Å². The van der Waals surface area contributed by atoms with Crippen LogP contribution in [0.15, 0.2) is 0 Å². The summed E-state index contributed by atoms with van der Waals surface area (Å²) in [6, 6.07) is 0. The molecule has 0 heterocycles. The quantitative estimate of drug-likeness (QED) is 0.106. The Balaban J connectivity index is 2.25. The van der Waals surface area contributed by atoms with Crippen LogP contribution in [0, 0.1) is 5.41 Å². The molecule has 0 atom stereocenters. The van der Waals surface area contributed by atoms with Gasteiger partial charge in [0.1, 0.15) is 0 Å². The normalized spacial score (nSPS) is 15.4. The van der Waals surface area contributed by atoms with Crippen LogP contribution in [0.2, 0.25) is 0 Å². The highest BCUT2D eigenvalue weighted by Crippen LogP contribution is 2.39. The molecule has 1 aliphatic carbocycles. The number of hydrogen-bond acceptors (Lipinski definition) is 4. The molecule has 0 unspecified atom stereocenters. The molecule has 188 valence electrons. The minimum Gasteiger partial charge on any atom is -0.465 e. The zero-order valence-corrected chi connectivity index (χ0v) is 21.4. The Hall–Kier alpha value is -1.06. The summed E-state index contributed by atoms with van der Waals surface area (Å²) in [5.41, 5.74) is -1.04. The van der Waals surface area contributed by atoms with Gasteiger partial charge in [0, 0.05) is 0 Å². The molecule has 0 radical (unpaired) electrons. The van der Waals surface area contributed by atoms with Crippen molar-refractivity contribution in [1.82, 2.24) is 0 Å². The van der Waals surface area contributed by atoms with Crippen molar-refractivity contribution in [3.8, 4) is 0 Å². The maximum Gasteiger partial charge on any atom is 0.323 e. The van der Waals surface area contributed by atoms with E-state index in [4.69, 9.17) is 9.47 Å². The van der Waals surface area contributed by atoms with Gasteiger partial charge < -0.3 is 9.47 Å². The van der Waals surface area contributed by atoms with Gasteiger partial charge in [-0.2, -0.15) is 0 Å². The monoisotopic (exact) mass is 452 g/mol. The molecule has 0 amide bonds. The Morgan fingerprint density at radius 1 is 0.531 bits per heavy atom. The molecular formula is C28H52O4. The summed E-state index contributed by atoms with van der Waals surface area (Å²) in [6.07, 6.45) is 23.4. The lowest BCUT2D eigenvalue weighted by Gasteiger charge is -2.32. The summed E-state index contributed by atoms with van der Waals surface area (Å²) in [6.45, 7) is 5.33. The van der Waals surface area contributed by atoms with Gasteiger partial charge in [0.2, 0.25) is 0 Å². The van der Waals surface area contributed by atoms with Gasteiger partial charge in [-0.1, -0.05) is 123 Å². The lowest BCUT2D eigenvalue weighted by molar-refractivity contribution is -0.175. The second kappa shape index (κ2) is 19.4. The summed E-state index contributed by atoms with van der Waals surface area (Å²) in [4.78, 5) is 25.8. The summed E-state index contributed by atoms with van der Waals surface area (Å²) in [5, 5.41) is 0. The first-order valence-corrected chi connectivity index (χ1v) is 14.0. The first-order chi connectivity index (χ1) is 15.7. The van der Waals surface area contributed by atoms with Crippen LogP contribution >= 0.6 is 0 Å². The van der Waals surface area contributed by atoms with Gasteiger partial charge in [-0.05, 0) is 25.7 Å². The van der Waals surface area contributed by atoms with Crippen molar-refractivity contribution in [2.45, 2.75) is 149 Å². The smallest absolute Gasteiger partial charge is 0.323 e. The minimum atomic E-state index is -1.04. The highest BCUT2D eigenvalue weighted by molar-refractivity contribution is 6.00. The topological polar surface area (TPSA) is 52.6 Å². The van der Waals surface area contributed by atoms with Crippen LogP contribution in [0.5, 0.6) is 0 Å². The lowest BCUT2D eigenvalue weighted by Crippen LogP contribution is -2.43. The molecular weight excluding hydrogens is 400 g/mol. The van der Waals surface area contributed by atoms with E-state index in [0.717, 1.165) is 44.9 Å². The number of unbranched alkanes of at least 4 members (excludes halogenated alkanes) is 14. The van der Waals surface area contributed by atoms with Crippen LogP contribution in [-0.2, 0) is 19.1 Å². The largest absolute Gasteiger partial charge is 0.465 e. The van der Waals surface area contributed by atoms with E-state index < -0.39 is 5.41 Å². The van der Waals surface area contributed by atoms with Crippen LogP contribution in [-0.4, -0.2) is 25.2 Å². The molecule has 0 saturated heterocycles. The van der Waals surface area contributed by atoms with Gasteiger partial charge in [0.15, 0.2) is 5.41 Å². The molecule has 0 aliphatic heterocycles. The first-order valence-electron chi connectivity index (χ1n) is 14.0. The number of ether oxygens (including phenoxy) is 2. The molecule has 0 aromatic heterocycles. The van der Waals surface area contributed by atoms with Crippen molar-refractivity contribution in [3.63, 3.8) is 0 Å². The first kappa shape index (κ1) is 29.0. The second-order valence-corrected chi connectivity index (χ2v) is 9.86. The zero-order chi connectivity index (χ0) is 23.3. The summed E-state index contributed by atoms with van der Waals surface area (Å²) in [7, 11) is 0. The number of carbonyl (C=O) groups is 2. The Labute approximate surface area is 198 Å². The van der Waals surface area contributed by atoms with Gasteiger partial charge in [0.05, 0.1) is 13.2 Å². The van der Waals surface area contributed by atoms with E-state index in [1.165, 1.54) is 77.0 Å². The van der Waals surface area contributed by atoms with E-state index in [9.17, 15) is 9.59 Å². The van der Waals surface area contributed by atoms with Crippen molar-refractivity contribution in [2.75, 3.05) is 13.2 Å². The SMILES string of the molecule is CCCCCCCCCCOC(=O)C1(C(=O)OCCCCCCCCCC)CCCCC1. The Bertz CT molecular complexity index is 432. The molecule has 0 aromatic rings. The predicted molar refractivity (Wildman–Crippen MR) is 133 cm³/mol. The summed E-state index contributed by atoms with van der Waals surface area (Å²) >= 11 is 0. The van der Waals surface area contributed by atoms with E-state index >= 15 is 0 Å². The fraction of sp³-hybridized carbons (Fsp3) is 0.929. The third-order valence-corrected chi connectivity index (χ3v) is 6.95. The maximum absolute atomic E-state index is 12.9. The van der Waals surface area contributed by atoms with Gasteiger partial charge >= 0.3 is 11.9 Å². The number of rotatable bonds is 20. The van der Waals surface area contributed by atoms with Gasteiger partial charge in [-0.3, -0.25) is 9.59 Å². The standard InChI is InChI=1S/C28H52O4/c1-3-5-7-9-11-13-15-20-24-31-26(29)28(22-18-17-19-23-28)27(30)32-25-21-16-14-12-10-8-6-4-2/h3-25H2,1-2H3. The third-order valence-electron chi connectivity index (χ3n) is 6.95. The van der Waals surface area contributed by atoms with Gasteiger partial charge in [-0.15, -0.1) is 0 Å².